The summed E-state index contributed by atoms with van der Waals surface area (Å²) in [4.78, 5) is 22.7. The average Bonchev–Trinajstić information content (AvgIpc) is 3.56. The highest BCUT2D eigenvalue weighted by molar-refractivity contribution is 6.39. The van der Waals surface area contributed by atoms with Gasteiger partial charge in [-0.05, 0) is 69.0 Å². The van der Waals surface area contributed by atoms with Gasteiger partial charge in [0.1, 0.15) is 18.0 Å². The van der Waals surface area contributed by atoms with Gasteiger partial charge in [-0.3, -0.25) is 20.1 Å². The lowest BCUT2D eigenvalue weighted by Crippen LogP contribution is -2.33. The summed E-state index contributed by atoms with van der Waals surface area (Å²) in [6, 6.07) is 11.2. The summed E-state index contributed by atoms with van der Waals surface area (Å²) >= 11 is 12.3. The van der Waals surface area contributed by atoms with E-state index in [4.69, 9.17) is 37.5 Å². The van der Waals surface area contributed by atoms with Gasteiger partial charge < -0.3 is 14.8 Å². The number of pyridine rings is 1. The van der Waals surface area contributed by atoms with Crippen molar-refractivity contribution in [3.05, 3.63) is 87.9 Å². The van der Waals surface area contributed by atoms with Crippen LogP contribution in [0.3, 0.4) is 0 Å². The molecule has 1 atom stereocenters. The van der Waals surface area contributed by atoms with E-state index in [0.29, 0.717) is 28.3 Å². The van der Waals surface area contributed by atoms with E-state index in [0.717, 1.165) is 25.7 Å². The zero-order valence-corrected chi connectivity index (χ0v) is 22.1. The number of halogens is 3. The van der Waals surface area contributed by atoms with Crippen molar-refractivity contribution in [3.8, 4) is 11.5 Å². The third-order valence-electron chi connectivity index (χ3n) is 6.39. The fraction of sp³-hybridized carbons (Fsp3) is 0.286. The number of hydrogen-bond donors (Lipinski definition) is 2. The van der Waals surface area contributed by atoms with Gasteiger partial charge in [0.05, 0.1) is 27.5 Å². The third kappa shape index (κ3) is 6.04. The molecule has 1 aromatic heterocycles. The van der Waals surface area contributed by atoms with Gasteiger partial charge in [-0.15, -0.1) is 0 Å². The summed E-state index contributed by atoms with van der Waals surface area (Å²) in [5, 5.41) is 3.18. The molecule has 0 bridgehead atoms. The fourth-order valence-electron chi connectivity index (χ4n) is 4.39. The molecule has 2 aliphatic rings. The van der Waals surface area contributed by atoms with Crippen molar-refractivity contribution >= 4 is 40.5 Å². The fourth-order valence-corrected chi connectivity index (χ4v) is 4.85. The van der Waals surface area contributed by atoms with Crippen molar-refractivity contribution in [3.63, 3.8) is 0 Å². The van der Waals surface area contributed by atoms with E-state index in [1.54, 1.807) is 30.3 Å². The van der Waals surface area contributed by atoms with Crippen LogP contribution in [0.5, 0.6) is 11.5 Å². The molecule has 1 saturated carbocycles. The molecule has 0 radical (unpaired) electrons. The second-order valence-electron chi connectivity index (χ2n) is 9.49. The number of benzene rings is 2. The van der Waals surface area contributed by atoms with Crippen LogP contribution < -0.4 is 20.3 Å². The molecule has 1 unspecified atom stereocenters. The van der Waals surface area contributed by atoms with Crippen molar-refractivity contribution in [1.29, 1.82) is 0 Å². The van der Waals surface area contributed by atoms with E-state index < -0.39 is 11.5 Å². The monoisotopic (exact) mass is 557 g/mol. The van der Waals surface area contributed by atoms with Crippen molar-refractivity contribution in [2.45, 2.75) is 44.3 Å². The molecule has 10 heteroatoms. The molecule has 2 aromatic carbocycles. The highest BCUT2D eigenvalue weighted by Gasteiger charge is 2.32. The standard InChI is InChI=1S/C28H26Cl2FN3O4/c1-28(13-23(34-38-28)17-5-4-6-19(31)11-17)16-36-25-12-18(9-10-24(25)37-20-7-2-3-8-20)27(35)33-26-21(29)14-32-15-22(26)30/h4-6,9-15,20,34H,2-3,7-8,16H2,1H3,(H,32,33,35). The largest absolute Gasteiger partial charge is 0.487 e. The first-order valence-electron chi connectivity index (χ1n) is 12.3. The molecule has 1 amide bonds. The molecule has 5 rings (SSSR count). The Morgan fingerprint density at radius 2 is 1.92 bits per heavy atom. The molecule has 198 valence electrons. The van der Waals surface area contributed by atoms with E-state index in [9.17, 15) is 9.18 Å². The summed E-state index contributed by atoms with van der Waals surface area (Å²) in [6.45, 7) is 1.95. The number of aromatic nitrogens is 1. The maximum absolute atomic E-state index is 13.7. The number of hydrogen-bond acceptors (Lipinski definition) is 6. The van der Waals surface area contributed by atoms with Gasteiger partial charge in [-0.2, -0.15) is 0 Å². The van der Waals surface area contributed by atoms with Crippen molar-refractivity contribution < 1.29 is 23.5 Å². The summed E-state index contributed by atoms with van der Waals surface area (Å²) in [5.74, 6) is 0.176. The van der Waals surface area contributed by atoms with Gasteiger partial charge in [0.25, 0.3) is 5.91 Å². The van der Waals surface area contributed by atoms with Crippen molar-refractivity contribution in [2.75, 3.05) is 11.9 Å². The number of rotatable bonds is 8. The normalized spacial score (nSPS) is 19.1. The van der Waals surface area contributed by atoms with Crippen LogP contribution in [0.4, 0.5) is 10.1 Å². The van der Waals surface area contributed by atoms with E-state index in [1.807, 2.05) is 13.0 Å². The van der Waals surface area contributed by atoms with E-state index >= 15 is 0 Å². The molecular formula is C28H26Cl2FN3O4. The number of carbonyl (C=O) groups excluding carboxylic acids is 1. The molecule has 0 saturated heterocycles. The zero-order valence-electron chi connectivity index (χ0n) is 20.6. The third-order valence-corrected chi connectivity index (χ3v) is 6.96. The Balaban J connectivity index is 1.37. The minimum Gasteiger partial charge on any atom is -0.487 e. The van der Waals surface area contributed by atoms with Crippen molar-refractivity contribution in [2.24, 2.45) is 0 Å². The first-order valence-corrected chi connectivity index (χ1v) is 13.0. The number of carbonyl (C=O) groups is 1. The molecule has 3 aromatic rings. The van der Waals surface area contributed by atoms with Crippen LogP contribution in [0.1, 0.15) is 48.5 Å². The van der Waals surface area contributed by atoms with Gasteiger partial charge in [0.2, 0.25) is 0 Å². The summed E-state index contributed by atoms with van der Waals surface area (Å²) in [7, 11) is 0. The number of nitrogens with zero attached hydrogens (tertiary/aromatic N) is 1. The Morgan fingerprint density at radius 1 is 1.16 bits per heavy atom. The molecular weight excluding hydrogens is 532 g/mol. The van der Waals surface area contributed by atoms with Crippen LogP contribution in [0.25, 0.3) is 5.70 Å². The van der Waals surface area contributed by atoms with Gasteiger partial charge in [0.15, 0.2) is 11.5 Å². The number of ether oxygens (including phenoxy) is 2. The number of nitrogens with one attached hydrogen (secondary N) is 2. The smallest absolute Gasteiger partial charge is 0.255 e. The predicted octanol–water partition coefficient (Wildman–Crippen LogP) is 6.81. The average molecular weight is 558 g/mol. The Morgan fingerprint density at radius 3 is 2.66 bits per heavy atom. The van der Waals surface area contributed by atoms with Gasteiger partial charge in [0, 0.05) is 23.5 Å². The lowest BCUT2D eigenvalue weighted by Gasteiger charge is -2.23. The SMILES string of the molecule is CC1(COc2cc(C(=O)Nc3c(Cl)cncc3Cl)ccc2OC2CCCC2)C=C(c2cccc(F)c2)NO1. The first kappa shape index (κ1) is 26.3. The second-order valence-corrected chi connectivity index (χ2v) is 10.3. The number of amides is 1. The summed E-state index contributed by atoms with van der Waals surface area (Å²) < 4.78 is 26.1. The lowest BCUT2D eigenvalue weighted by molar-refractivity contribution is -0.0478. The molecule has 2 heterocycles. The molecule has 1 aliphatic heterocycles. The van der Waals surface area contributed by atoms with Crippen LogP contribution >= 0.6 is 23.2 Å². The van der Waals surface area contributed by atoms with Gasteiger partial charge in [-0.1, -0.05) is 35.3 Å². The van der Waals surface area contributed by atoms with Crippen LogP contribution in [-0.2, 0) is 4.84 Å². The van der Waals surface area contributed by atoms with Crippen LogP contribution in [0, 0.1) is 5.82 Å². The Hall–Kier alpha value is -3.33. The maximum atomic E-state index is 13.7. The van der Waals surface area contributed by atoms with E-state index in [-0.39, 0.29) is 34.3 Å². The minimum atomic E-state index is -0.858. The quantitative estimate of drug-likeness (QED) is 0.316. The van der Waals surface area contributed by atoms with E-state index in [1.165, 1.54) is 24.5 Å². The molecule has 1 fully saturated rings. The van der Waals surface area contributed by atoms with Crippen LogP contribution in [0.2, 0.25) is 10.0 Å². The molecule has 2 N–H and O–H groups in total. The second kappa shape index (κ2) is 11.2. The van der Waals surface area contributed by atoms with Crippen LogP contribution in [0.15, 0.2) is 60.9 Å². The molecule has 7 nitrogen and oxygen atoms in total. The van der Waals surface area contributed by atoms with Crippen LogP contribution in [-0.4, -0.2) is 29.2 Å². The summed E-state index contributed by atoms with van der Waals surface area (Å²) in [6.07, 6.45) is 8.88. The first-order chi connectivity index (χ1) is 18.3. The lowest BCUT2D eigenvalue weighted by atomic mass is 10.0. The number of anilines is 1. The number of hydroxylamine groups is 1. The van der Waals surface area contributed by atoms with Gasteiger partial charge in [-0.25, -0.2) is 4.39 Å². The summed E-state index contributed by atoms with van der Waals surface area (Å²) in [5.41, 5.74) is 3.89. The van der Waals surface area contributed by atoms with E-state index in [2.05, 4.69) is 15.8 Å². The highest BCUT2D eigenvalue weighted by atomic mass is 35.5. The molecule has 1 aliphatic carbocycles. The Kier molecular flexibility index (Phi) is 7.74. The van der Waals surface area contributed by atoms with Crippen molar-refractivity contribution in [1.82, 2.24) is 10.5 Å². The van der Waals surface area contributed by atoms with Gasteiger partial charge >= 0.3 is 0 Å². The highest BCUT2D eigenvalue weighted by Crippen LogP contribution is 2.35. The topological polar surface area (TPSA) is 81.7 Å². The predicted molar refractivity (Wildman–Crippen MR) is 144 cm³/mol. The zero-order chi connectivity index (χ0) is 26.7. The minimum absolute atomic E-state index is 0.0888. The molecule has 0 spiro atoms. The Bertz CT molecular complexity index is 1360. The Labute approximate surface area is 229 Å². The maximum Gasteiger partial charge on any atom is 0.255 e. The molecule has 38 heavy (non-hydrogen) atoms.